The van der Waals surface area contributed by atoms with Gasteiger partial charge >= 0.3 is 0 Å². The molecule has 17 heavy (non-hydrogen) atoms. The molecule has 1 amide bonds. The maximum absolute atomic E-state index is 12.6. The molecule has 1 unspecified atom stereocenters. The molecule has 0 radical (unpaired) electrons. The number of rotatable bonds is 5. The summed E-state index contributed by atoms with van der Waals surface area (Å²) in [4.78, 5) is 11.5. The van der Waals surface area contributed by atoms with Crippen LogP contribution in [0.3, 0.4) is 0 Å². The fourth-order valence-electron chi connectivity index (χ4n) is 1.22. The highest BCUT2D eigenvalue weighted by Crippen LogP contribution is 2.03. The zero-order valence-corrected chi connectivity index (χ0v) is 10.8. The number of amides is 1. The van der Waals surface area contributed by atoms with Crippen molar-refractivity contribution in [1.82, 2.24) is 10.6 Å². The zero-order chi connectivity index (χ0) is 12.0. The SMILES string of the molecule is CNC(C)CNC(=O)Cc1ccc(F)cc1.Cl. The van der Waals surface area contributed by atoms with E-state index in [2.05, 4.69) is 10.6 Å². The minimum atomic E-state index is -0.284. The second-order valence-corrected chi connectivity index (χ2v) is 3.80. The Kier molecular flexibility index (Phi) is 7.50. The van der Waals surface area contributed by atoms with Gasteiger partial charge in [-0.3, -0.25) is 4.79 Å². The van der Waals surface area contributed by atoms with E-state index >= 15 is 0 Å². The summed E-state index contributed by atoms with van der Waals surface area (Å²) in [6.45, 7) is 2.58. The second-order valence-electron chi connectivity index (χ2n) is 3.80. The fraction of sp³-hybridized carbons (Fsp3) is 0.417. The molecular weight excluding hydrogens is 243 g/mol. The van der Waals surface area contributed by atoms with Crippen LogP contribution < -0.4 is 10.6 Å². The molecule has 1 atom stereocenters. The van der Waals surface area contributed by atoms with Crippen molar-refractivity contribution in [1.29, 1.82) is 0 Å². The lowest BCUT2D eigenvalue weighted by molar-refractivity contribution is -0.120. The van der Waals surface area contributed by atoms with Crippen LogP contribution in [0.1, 0.15) is 12.5 Å². The van der Waals surface area contributed by atoms with Gasteiger partial charge in [0.15, 0.2) is 0 Å². The van der Waals surface area contributed by atoms with Crippen molar-refractivity contribution < 1.29 is 9.18 Å². The van der Waals surface area contributed by atoms with Gasteiger partial charge in [0, 0.05) is 12.6 Å². The maximum Gasteiger partial charge on any atom is 0.224 e. The number of nitrogens with one attached hydrogen (secondary N) is 2. The summed E-state index contributed by atoms with van der Waals surface area (Å²) in [7, 11) is 1.84. The molecule has 0 aliphatic carbocycles. The van der Waals surface area contributed by atoms with Crippen molar-refractivity contribution in [2.75, 3.05) is 13.6 Å². The standard InChI is InChI=1S/C12H17FN2O.ClH/c1-9(14-2)8-15-12(16)7-10-3-5-11(13)6-4-10;/h3-6,9,14H,7-8H2,1-2H3,(H,15,16);1H. The van der Waals surface area contributed by atoms with Crippen molar-refractivity contribution in [3.63, 3.8) is 0 Å². The van der Waals surface area contributed by atoms with Crippen LogP contribution in [0.25, 0.3) is 0 Å². The van der Waals surface area contributed by atoms with E-state index in [-0.39, 0.29) is 36.6 Å². The summed E-state index contributed by atoms with van der Waals surface area (Å²) in [5.41, 5.74) is 0.816. The summed E-state index contributed by atoms with van der Waals surface area (Å²) in [5.74, 6) is -0.332. The van der Waals surface area contributed by atoms with Crippen LogP contribution in [0.4, 0.5) is 4.39 Å². The van der Waals surface area contributed by atoms with E-state index in [1.807, 2.05) is 14.0 Å². The Hall–Kier alpha value is -1.13. The number of carbonyl (C=O) groups is 1. The lowest BCUT2D eigenvalue weighted by Crippen LogP contribution is -2.37. The Morgan fingerprint density at radius 2 is 1.94 bits per heavy atom. The highest BCUT2D eigenvalue weighted by Gasteiger charge is 2.04. The summed E-state index contributed by atoms with van der Waals surface area (Å²) in [6.07, 6.45) is 0.288. The van der Waals surface area contributed by atoms with E-state index in [1.165, 1.54) is 12.1 Å². The third kappa shape index (κ3) is 6.24. The first-order valence-corrected chi connectivity index (χ1v) is 5.30. The monoisotopic (exact) mass is 260 g/mol. The van der Waals surface area contributed by atoms with Gasteiger partial charge in [-0.05, 0) is 31.7 Å². The van der Waals surface area contributed by atoms with Crippen LogP contribution in [-0.2, 0) is 11.2 Å². The molecule has 0 aromatic heterocycles. The molecular formula is C12H18ClFN2O. The molecule has 0 heterocycles. The Balaban J connectivity index is 0.00000256. The Morgan fingerprint density at radius 3 is 2.47 bits per heavy atom. The molecule has 1 aromatic carbocycles. The smallest absolute Gasteiger partial charge is 0.224 e. The van der Waals surface area contributed by atoms with Crippen LogP contribution in [-0.4, -0.2) is 25.5 Å². The summed E-state index contributed by atoms with van der Waals surface area (Å²) in [6, 6.07) is 6.21. The maximum atomic E-state index is 12.6. The van der Waals surface area contributed by atoms with Gasteiger partial charge in [-0.2, -0.15) is 0 Å². The Bertz CT molecular complexity index is 343. The Morgan fingerprint density at radius 1 is 1.35 bits per heavy atom. The van der Waals surface area contributed by atoms with Gasteiger partial charge in [0.1, 0.15) is 5.82 Å². The molecule has 0 aliphatic heterocycles. The number of hydrogen-bond donors (Lipinski definition) is 2. The number of likely N-dealkylation sites (N-methyl/N-ethyl adjacent to an activating group) is 1. The largest absolute Gasteiger partial charge is 0.354 e. The first kappa shape index (κ1) is 15.9. The molecule has 0 aliphatic rings. The molecule has 5 heteroatoms. The van der Waals surface area contributed by atoms with E-state index in [0.717, 1.165) is 5.56 Å². The molecule has 0 saturated heterocycles. The number of hydrogen-bond acceptors (Lipinski definition) is 2. The highest BCUT2D eigenvalue weighted by molar-refractivity contribution is 5.85. The average molecular weight is 261 g/mol. The van der Waals surface area contributed by atoms with Gasteiger partial charge in [0.25, 0.3) is 0 Å². The second kappa shape index (κ2) is 8.03. The van der Waals surface area contributed by atoms with Gasteiger partial charge in [-0.25, -0.2) is 4.39 Å². The number of halogens is 2. The summed E-state index contributed by atoms with van der Waals surface area (Å²) >= 11 is 0. The Labute approximate surface area is 107 Å². The van der Waals surface area contributed by atoms with Gasteiger partial charge in [0.2, 0.25) is 5.91 Å². The minimum Gasteiger partial charge on any atom is -0.354 e. The third-order valence-electron chi connectivity index (χ3n) is 2.38. The number of benzene rings is 1. The molecule has 3 nitrogen and oxygen atoms in total. The average Bonchev–Trinajstić information content (AvgIpc) is 2.29. The lowest BCUT2D eigenvalue weighted by Gasteiger charge is -2.11. The first-order valence-electron chi connectivity index (χ1n) is 5.30. The van der Waals surface area contributed by atoms with E-state index in [9.17, 15) is 9.18 Å². The lowest BCUT2D eigenvalue weighted by atomic mass is 10.1. The van der Waals surface area contributed by atoms with E-state index < -0.39 is 0 Å². The van der Waals surface area contributed by atoms with Crippen LogP contribution in [0, 0.1) is 5.82 Å². The molecule has 2 N–H and O–H groups in total. The quantitative estimate of drug-likeness (QED) is 0.843. The minimum absolute atomic E-state index is 0. The van der Waals surface area contributed by atoms with Crippen LogP contribution in [0.15, 0.2) is 24.3 Å². The van der Waals surface area contributed by atoms with Gasteiger partial charge in [0.05, 0.1) is 6.42 Å². The van der Waals surface area contributed by atoms with Gasteiger partial charge < -0.3 is 10.6 Å². The van der Waals surface area contributed by atoms with Gasteiger partial charge in [-0.15, -0.1) is 12.4 Å². The van der Waals surface area contributed by atoms with E-state index in [1.54, 1.807) is 12.1 Å². The van der Waals surface area contributed by atoms with Crippen molar-refractivity contribution in [3.8, 4) is 0 Å². The molecule has 0 saturated carbocycles. The topological polar surface area (TPSA) is 41.1 Å². The highest BCUT2D eigenvalue weighted by atomic mass is 35.5. The first-order chi connectivity index (χ1) is 7.61. The fourth-order valence-corrected chi connectivity index (χ4v) is 1.22. The predicted molar refractivity (Wildman–Crippen MR) is 68.9 cm³/mol. The molecule has 0 bridgehead atoms. The van der Waals surface area contributed by atoms with Crippen LogP contribution in [0.2, 0.25) is 0 Å². The molecule has 1 rings (SSSR count). The van der Waals surface area contributed by atoms with Crippen molar-refractivity contribution in [3.05, 3.63) is 35.6 Å². The normalized spacial score (nSPS) is 11.5. The molecule has 96 valence electrons. The van der Waals surface area contributed by atoms with Crippen molar-refractivity contribution in [2.24, 2.45) is 0 Å². The molecule has 1 aromatic rings. The van der Waals surface area contributed by atoms with Crippen molar-refractivity contribution >= 4 is 18.3 Å². The van der Waals surface area contributed by atoms with Gasteiger partial charge in [-0.1, -0.05) is 12.1 Å². The molecule has 0 fully saturated rings. The summed E-state index contributed by atoms with van der Waals surface area (Å²) < 4.78 is 12.6. The van der Waals surface area contributed by atoms with E-state index in [4.69, 9.17) is 0 Å². The van der Waals surface area contributed by atoms with Crippen LogP contribution in [0.5, 0.6) is 0 Å². The van der Waals surface area contributed by atoms with E-state index in [0.29, 0.717) is 6.54 Å². The zero-order valence-electron chi connectivity index (χ0n) is 10.00. The number of carbonyl (C=O) groups excluding carboxylic acids is 1. The summed E-state index contributed by atoms with van der Waals surface area (Å²) in [5, 5.41) is 5.83. The molecule has 0 spiro atoms. The third-order valence-corrected chi connectivity index (χ3v) is 2.38. The predicted octanol–water partition coefficient (Wildman–Crippen LogP) is 1.51. The van der Waals surface area contributed by atoms with Crippen LogP contribution >= 0.6 is 12.4 Å². The van der Waals surface area contributed by atoms with Crippen molar-refractivity contribution in [2.45, 2.75) is 19.4 Å².